The predicted molar refractivity (Wildman–Crippen MR) is 94.7 cm³/mol. The molecular formula is C17H14BrNO3S. The molecular weight excluding hydrogens is 378 g/mol. The summed E-state index contributed by atoms with van der Waals surface area (Å²) in [5.74, 6) is -0.413. The minimum atomic E-state index is -0.360. The van der Waals surface area contributed by atoms with Gasteiger partial charge in [-0.15, -0.1) is 11.3 Å². The van der Waals surface area contributed by atoms with Crippen LogP contribution in [0.3, 0.4) is 0 Å². The van der Waals surface area contributed by atoms with Crippen LogP contribution in [-0.2, 0) is 9.53 Å². The fourth-order valence-electron chi connectivity index (χ4n) is 2.54. The molecule has 0 spiro atoms. The molecule has 1 aromatic heterocycles. The van der Waals surface area contributed by atoms with Gasteiger partial charge in [-0.05, 0) is 47.7 Å². The van der Waals surface area contributed by atoms with Gasteiger partial charge >= 0.3 is 5.97 Å². The standard InChI is InChI=1S/C17H14BrNO3S/c1-22-17(21)11-6-7-19(16(20)15-3-2-8-23-15)14-5-4-13(18)10-12(14)9-11/h2-5,8-10H,6-7H2,1H3. The smallest absolute Gasteiger partial charge is 0.333 e. The van der Waals surface area contributed by atoms with E-state index in [2.05, 4.69) is 15.9 Å². The molecule has 0 N–H and O–H groups in total. The Morgan fingerprint density at radius 3 is 2.83 bits per heavy atom. The first-order valence-corrected chi connectivity index (χ1v) is 8.71. The lowest BCUT2D eigenvalue weighted by atomic mass is 10.1. The second-order valence-electron chi connectivity index (χ2n) is 5.05. The number of halogens is 1. The number of benzene rings is 1. The van der Waals surface area contributed by atoms with Gasteiger partial charge in [0.25, 0.3) is 5.91 Å². The van der Waals surface area contributed by atoms with Crippen LogP contribution in [0.2, 0.25) is 0 Å². The van der Waals surface area contributed by atoms with E-state index in [1.165, 1.54) is 18.4 Å². The molecule has 0 atom stereocenters. The Kier molecular flexibility index (Phi) is 4.63. The number of carbonyl (C=O) groups is 2. The molecule has 0 aliphatic carbocycles. The van der Waals surface area contributed by atoms with E-state index in [0.717, 1.165) is 15.7 Å². The van der Waals surface area contributed by atoms with Crippen molar-refractivity contribution in [3.8, 4) is 0 Å². The first kappa shape index (κ1) is 16.0. The quantitative estimate of drug-likeness (QED) is 0.723. The normalized spacial score (nSPS) is 13.8. The lowest BCUT2D eigenvalue weighted by molar-refractivity contribution is -0.136. The van der Waals surface area contributed by atoms with E-state index < -0.39 is 0 Å². The van der Waals surface area contributed by atoms with Gasteiger partial charge in [0.1, 0.15) is 0 Å². The zero-order valence-electron chi connectivity index (χ0n) is 12.4. The highest BCUT2D eigenvalue weighted by Gasteiger charge is 2.25. The van der Waals surface area contributed by atoms with E-state index >= 15 is 0 Å². The highest BCUT2D eigenvalue weighted by Crippen LogP contribution is 2.32. The molecule has 1 aromatic carbocycles. The summed E-state index contributed by atoms with van der Waals surface area (Å²) < 4.78 is 5.73. The fourth-order valence-corrected chi connectivity index (χ4v) is 3.59. The number of amides is 1. The second-order valence-corrected chi connectivity index (χ2v) is 6.91. The number of hydrogen-bond donors (Lipinski definition) is 0. The zero-order chi connectivity index (χ0) is 16.4. The van der Waals surface area contributed by atoms with Crippen molar-refractivity contribution in [2.75, 3.05) is 18.6 Å². The Labute approximate surface area is 146 Å². The predicted octanol–water partition coefficient (Wildman–Crippen LogP) is 4.12. The maximum absolute atomic E-state index is 12.8. The largest absolute Gasteiger partial charge is 0.466 e. The summed E-state index contributed by atoms with van der Waals surface area (Å²) >= 11 is 4.85. The molecule has 1 aliphatic heterocycles. The van der Waals surface area contributed by atoms with E-state index in [0.29, 0.717) is 23.4 Å². The number of nitrogens with zero attached hydrogens (tertiary/aromatic N) is 1. The second kappa shape index (κ2) is 6.68. The highest BCUT2D eigenvalue weighted by molar-refractivity contribution is 9.10. The first-order chi connectivity index (χ1) is 11.1. The van der Waals surface area contributed by atoms with Gasteiger partial charge in [0, 0.05) is 16.6 Å². The summed E-state index contributed by atoms with van der Waals surface area (Å²) in [5, 5.41) is 1.88. The topological polar surface area (TPSA) is 46.6 Å². The van der Waals surface area contributed by atoms with Gasteiger partial charge in [-0.2, -0.15) is 0 Å². The molecule has 2 aromatic rings. The molecule has 0 fully saturated rings. The average molecular weight is 392 g/mol. The van der Waals surface area contributed by atoms with Gasteiger partial charge in [-0.25, -0.2) is 4.79 Å². The third-order valence-electron chi connectivity index (χ3n) is 3.64. The third-order valence-corrected chi connectivity index (χ3v) is 4.99. The van der Waals surface area contributed by atoms with Crippen LogP contribution in [0.25, 0.3) is 6.08 Å². The molecule has 4 nitrogen and oxygen atoms in total. The Balaban J connectivity index is 2.05. The van der Waals surface area contributed by atoms with Crippen molar-refractivity contribution >= 4 is 50.9 Å². The number of esters is 1. The third kappa shape index (κ3) is 3.23. The van der Waals surface area contributed by atoms with Gasteiger partial charge in [-0.1, -0.05) is 22.0 Å². The number of ether oxygens (including phenoxy) is 1. The Morgan fingerprint density at radius 2 is 2.13 bits per heavy atom. The van der Waals surface area contributed by atoms with Gasteiger partial charge in [0.2, 0.25) is 0 Å². The van der Waals surface area contributed by atoms with Crippen LogP contribution < -0.4 is 4.90 Å². The molecule has 118 valence electrons. The number of anilines is 1. The van der Waals surface area contributed by atoms with Gasteiger partial charge in [0.05, 0.1) is 17.7 Å². The summed E-state index contributed by atoms with van der Waals surface area (Å²) in [6.07, 6.45) is 2.25. The van der Waals surface area contributed by atoms with Crippen LogP contribution in [0.4, 0.5) is 5.69 Å². The van der Waals surface area contributed by atoms with Gasteiger partial charge in [-0.3, -0.25) is 4.79 Å². The molecule has 2 heterocycles. The molecule has 0 unspecified atom stereocenters. The van der Waals surface area contributed by atoms with Crippen molar-refractivity contribution in [3.05, 3.63) is 56.2 Å². The highest BCUT2D eigenvalue weighted by atomic mass is 79.9. The maximum atomic E-state index is 12.8. The first-order valence-electron chi connectivity index (χ1n) is 7.04. The zero-order valence-corrected chi connectivity index (χ0v) is 14.8. The average Bonchev–Trinajstić information content (AvgIpc) is 3.02. The molecule has 0 saturated carbocycles. The van der Waals surface area contributed by atoms with Crippen molar-refractivity contribution in [1.29, 1.82) is 0 Å². The lowest BCUT2D eigenvalue weighted by Gasteiger charge is -2.22. The number of hydrogen-bond acceptors (Lipinski definition) is 4. The molecule has 0 bridgehead atoms. The number of carbonyl (C=O) groups excluding carboxylic acids is 2. The van der Waals surface area contributed by atoms with Crippen LogP contribution >= 0.6 is 27.3 Å². The molecule has 23 heavy (non-hydrogen) atoms. The minimum Gasteiger partial charge on any atom is -0.466 e. The summed E-state index contributed by atoms with van der Waals surface area (Å²) in [4.78, 5) is 27.1. The van der Waals surface area contributed by atoms with E-state index in [1.807, 2.05) is 35.7 Å². The number of methoxy groups -OCH3 is 1. The molecule has 1 aliphatic rings. The van der Waals surface area contributed by atoms with Crippen molar-refractivity contribution in [2.45, 2.75) is 6.42 Å². The summed E-state index contributed by atoms with van der Waals surface area (Å²) in [6.45, 7) is 0.437. The minimum absolute atomic E-state index is 0.0527. The molecule has 0 radical (unpaired) electrons. The fraction of sp³-hybridized carbons (Fsp3) is 0.176. The lowest BCUT2D eigenvalue weighted by Crippen LogP contribution is -2.31. The number of rotatable bonds is 2. The summed E-state index contributed by atoms with van der Waals surface area (Å²) in [6, 6.07) is 9.35. The van der Waals surface area contributed by atoms with Crippen molar-refractivity contribution in [2.24, 2.45) is 0 Å². The van der Waals surface area contributed by atoms with Gasteiger partial charge < -0.3 is 9.64 Å². The van der Waals surface area contributed by atoms with E-state index in [9.17, 15) is 9.59 Å². The summed E-state index contributed by atoms with van der Waals surface area (Å²) in [5.41, 5.74) is 2.18. The van der Waals surface area contributed by atoms with E-state index in [-0.39, 0.29) is 11.9 Å². The van der Waals surface area contributed by atoms with Crippen molar-refractivity contribution in [3.63, 3.8) is 0 Å². The Morgan fingerprint density at radius 1 is 1.30 bits per heavy atom. The monoisotopic (exact) mass is 391 g/mol. The Hall–Kier alpha value is -1.92. The van der Waals surface area contributed by atoms with Gasteiger partial charge in [0.15, 0.2) is 0 Å². The molecule has 0 saturated heterocycles. The molecule has 1 amide bonds. The van der Waals surface area contributed by atoms with Crippen LogP contribution in [0, 0.1) is 0 Å². The van der Waals surface area contributed by atoms with Crippen LogP contribution in [-0.4, -0.2) is 25.5 Å². The molecule has 6 heteroatoms. The maximum Gasteiger partial charge on any atom is 0.333 e. The van der Waals surface area contributed by atoms with E-state index in [4.69, 9.17) is 4.74 Å². The van der Waals surface area contributed by atoms with Crippen molar-refractivity contribution in [1.82, 2.24) is 0 Å². The SMILES string of the molecule is COC(=O)C1=Cc2cc(Br)ccc2N(C(=O)c2cccs2)CC1. The molecule has 3 rings (SSSR count). The van der Waals surface area contributed by atoms with Crippen molar-refractivity contribution < 1.29 is 14.3 Å². The number of fused-ring (bicyclic) bond motifs is 1. The van der Waals surface area contributed by atoms with Crippen LogP contribution in [0.1, 0.15) is 21.7 Å². The van der Waals surface area contributed by atoms with Crippen LogP contribution in [0.15, 0.2) is 45.8 Å². The van der Waals surface area contributed by atoms with E-state index in [1.54, 1.807) is 11.0 Å². The summed E-state index contributed by atoms with van der Waals surface area (Å²) in [7, 11) is 1.37. The Bertz CT molecular complexity index is 783. The number of thiophene rings is 1. The van der Waals surface area contributed by atoms with Crippen LogP contribution in [0.5, 0.6) is 0 Å².